The smallest absolute Gasteiger partial charge is 0.331 e. The summed E-state index contributed by atoms with van der Waals surface area (Å²) in [6.45, 7) is 0. The highest BCUT2D eigenvalue weighted by molar-refractivity contribution is 9.10. The van der Waals surface area contributed by atoms with Crippen LogP contribution in [0.1, 0.15) is 11.7 Å². The first kappa shape index (κ1) is 8.51. The van der Waals surface area contributed by atoms with Crippen LogP contribution in [-0.2, 0) is 9.53 Å². The molecule has 0 saturated carbocycles. The molecule has 2 rings (SSSR count). The maximum atomic E-state index is 10.8. The number of esters is 1. The Morgan fingerprint density at radius 2 is 1.92 bits per heavy atom. The van der Waals surface area contributed by atoms with Gasteiger partial charge in [-0.3, -0.25) is 0 Å². The quantitative estimate of drug-likeness (QED) is 0.704. The first-order valence-corrected chi connectivity index (χ1v) is 4.69. The summed E-state index contributed by atoms with van der Waals surface area (Å²) >= 11 is 3.34. The molecule has 0 amide bonds. The van der Waals surface area contributed by atoms with Gasteiger partial charge in [0.05, 0.1) is 0 Å². The Bertz CT molecular complexity index is 354. The minimum Gasteiger partial charge on any atom is -0.450 e. The van der Waals surface area contributed by atoms with Crippen LogP contribution in [0, 0.1) is 0 Å². The van der Waals surface area contributed by atoms with Gasteiger partial charge in [0.25, 0.3) is 0 Å². The van der Waals surface area contributed by atoms with Gasteiger partial charge in [-0.15, -0.1) is 0 Å². The van der Waals surface area contributed by atoms with Gasteiger partial charge < -0.3 is 4.74 Å². The van der Waals surface area contributed by atoms with Crippen LogP contribution in [0.5, 0.6) is 0 Å². The van der Waals surface area contributed by atoms with E-state index in [1.165, 1.54) is 6.08 Å². The van der Waals surface area contributed by atoms with Crippen molar-refractivity contribution in [2.45, 2.75) is 6.10 Å². The number of halogens is 1. The van der Waals surface area contributed by atoms with Gasteiger partial charge in [-0.25, -0.2) is 4.79 Å². The zero-order valence-electron chi connectivity index (χ0n) is 6.74. The lowest BCUT2D eigenvalue weighted by Gasteiger charge is -2.07. The van der Waals surface area contributed by atoms with Crippen LogP contribution >= 0.6 is 15.9 Å². The highest BCUT2D eigenvalue weighted by Crippen LogP contribution is 2.24. The van der Waals surface area contributed by atoms with Crippen molar-refractivity contribution in [2.24, 2.45) is 0 Å². The third-order valence-electron chi connectivity index (χ3n) is 1.85. The molecule has 13 heavy (non-hydrogen) atoms. The topological polar surface area (TPSA) is 26.3 Å². The van der Waals surface area contributed by atoms with Gasteiger partial charge in [0.1, 0.15) is 6.10 Å². The summed E-state index contributed by atoms with van der Waals surface area (Å²) in [7, 11) is 0. The first-order chi connectivity index (χ1) is 6.25. The molecule has 1 aromatic carbocycles. The van der Waals surface area contributed by atoms with E-state index >= 15 is 0 Å². The number of carbonyl (C=O) groups is 1. The maximum absolute atomic E-state index is 10.8. The van der Waals surface area contributed by atoms with E-state index in [2.05, 4.69) is 15.9 Å². The lowest BCUT2D eigenvalue weighted by atomic mass is 10.1. The zero-order chi connectivity index (χ0) is 9.26. The van der Waals surface area contributed by atoms with Crippen molar-refractivity contribution in [3.63, 3.8) is 0 Å². The molecule has 1 heterocycles. The van der Waals surface area contributed by atoms with Gasteiger partial charge in [-0.05, 0) is 23.8 Å². The van der Waals surface area contributed by atoms with Gasteiger partial charge in [-0.2, -0.15) is 0 Å². The van der Waals surface area contributed by atoms with Crippen LogP contribution in [0.15, 0.2) is 40.9 Å². The molecule has 0 radical (unpaired) electrons. The molecule has 66 valence electrons. The van der Waals surface area contributed by atoms with Crippen molar-refractivity contribution in [3.05, 3.63) is 46.5 Å². The monoisotopic (exact) mass is 238 g/mol. The molecule has 1 atom stereocenters. The fourth-order valence-corrected chi connectivity index (χ4v) is 1.47. The Balaban J connectivity index is 2.22. The van der Waals surface area contributed by atoms with Gasteiger partial charge in [0.2, 0.25) is 0 Å². The largest absolute Gasteiger partial charge is 0.450 e. The van der Waals surface area contributed by atoms with E-state index in [4.69, 9.17) is 4.74 Å². The molecule has 0 bridgehead atoms. The normalized spacial score (nSPS) is 20.4. The fraction of sp³-hybridized carbons (Fsp3) is 0.100. The maximum Gasteiger partial charge on any atom is 0.331 e. The van der Waals surface area contributed by atoms with Crippen LogP contribution in [0.25, 0.3) is 0 Å². The van der Waals surface area contributed by atoms with E-state index in [0.717, 1.165) is 10.0 Å². The van der Waals surface area contributed by atoms with Gasteiger partial charge in [-0.1, -0.05) is 28.1 Å². The standard InChI is InChI=1S/C10H7BrO2/c11-8-3-1-7(2-4-8)9-5-6-10(12)13-9/h1-6,9H/t9-/m1/s1. The average Bonchev–Trinajstić information content (AvgIpc) is 2.53. The highest BCUT2D eigenvalue weighted by atomic mass is 79.9. The number of benzene rings is 1. The minimum atomic E-state index is -0.270. The summed E-state index contributed by atoms with van der Waals surface area (Å²) in [6.07, 6.45) is 3.00. The molecule has 1 aliphatic rings. The molecule has 0 saturated heterocycles. The van der Waals surface area contributed by atoms with Crippen molar-refractivity contribution in [1.82, 2.24) is 0 Å². The molecular formula is C10H7BrO2. The Kier molecular flexibility index (Phi) is 2.19. The number of rotatable bonds is 1. The van der Waals surface area contributed by atoms with E-state index in [0.29, 0.717) is 0 Å². The molecule has 3 heteroatoms. The summed E-state index contributed by atoms with van der Waals surface area (Å²) in [4.78, 5) is 10.8. The summed E-state index contributed by atoms with van der Waals surface area (Å²) in [5, 5.41) is 0. The lowest BCUT2D eigenvalue weighted by Crippen LogP contribution is -1.99. The van der Waals surface area contributed by atoms with E-state index in [-0.39, 0.29) is 12.1 Å². The predicted molar refractivity (Wildman–Crippen MR) is 52.1 cm³/mol. The predicted octanol–water partition coefficient (Wildman–Crippen LogP) is 2.60. The van der Waals surface area contributed by atoms with Gasteiger partial charge in [0, 0.05) is 10.5 Å². The second kappa shape index (κ2) is 3.34. The molecule has 0 fully saturated rings. The number of carbonyl (C=O) groups excluding carboxylic acids is 1. The second-order valence-electron chi connectivity index (χ2n) is 2.77. The fourth-order valence-electron chi connectivity index (χ4n) is 1.20. The number of cyclic esters (lactones) is 1. The van der Waals surface area contributed by atoms with Crippen LogP contribution in [0.3, 0.4) is 0 Å². The number of hydrogen-bond acceptors (Lipinski definition) is 2. The summed E-state index contributed by atoms with van der Waals surface area (Å²) in [5.41, 5.74) is 0.991. The molecule has 0 aliphatic carbocycles. The summed E-state index contributed by atoms with van der Waals surface area (Å²) < 4.78 is 6.04. The van der Waals surface area contributed by atoms with Crippen molar-refractivity contribution in [1.29, 1.82) is 0 Å². The van der Waals surface area contributed by atoms with Crippen molar-refractivity contribution in [3.8, 4) is 0 Å². The van der Waals surface area contributed by atoms with Crippen molar-refractivity contribution < 1.29 is 9.53 Å². The minimum absolute atomic E-state index is 0.208. The van der Waals surface area contributed by atoms with E-state index in [9.17, 15) is 4.79 Å². The van der Waals surface area contributed by atoms with Crippen LogP contribution in [-0.4, -0.2) is 5.97 Å². The molecule has 0 unspecified atom stereocenters. The molecule has 0 aromatic heterocycles. The van der Waals surface area contributed by atoms with Crippen molar-refractivity contribution >= 4 is 21.9 Å². The second-order valence-corrected chi connectivity index (χ2v) is 3.68. The Morgan fingerprint density at radius 3 is 2.46 bits per heavy atom. The summed E-state index contributed by atoms with van der Waals surface area (Å²) in [5.74, 6) is -0.270. The molecule has 2 nitrogen and oxygen atoms in total. The SMILES string of the molecule is O=C1C=C[C@H](c2ccc(Br)cc2)O1. The third-order valence-corrected chi connectivity index (χ3v) is 2.38. The van der Waals surface area contributed by atoms with Crippen LogP contribution < -0.4 is 0 Å². The Morgan fingerprint density at radius 1 is 1.23 bits per heavy atom. The average molecular weight is 239 g/mol. The summed E-state index contributed by atoms with van der Waals surface area (Å²) in [6, 6.07) is 7.71. The highest BCUT2D eigenvalue weighted by Gasteiger charge is 2.17. The van der Waals surface area contributed by atoms with Crippen molar-refractivity contribution in [2.75, 3.05) is 0 Å². The number of ether oxygens (including phenoxy) is 1. The zero-order valence-corrected chi connectivity index (χ0v) is 8.32. The van der Waals surface area contributed by atoms with Crippen LogP contribution in [0.4, 0.5) is 0 Å². The molecule has 1 aliphatic heterocycles. The Labute approximate surface area is 84.3 Å². The van der Waals surface area contributed by atoms with Crippen LogP contribution in [0.2, 0.25) is 0 Å². The Hall–Kier alpha value is -1.09. The first-order valence-electron chi connectivity index (χ1n) is 3.90. The van der Waals surface area contributed by atoms with E-state index < -0.39 is 0 Å². The number of hydrogen-bond donors (Lipinski definition) is 0. The molecule has 0 N–H and O–H groups in total. The van der Waals surface area contributed by atoms with Gasteiger partial charge >= 0.3 is 5.97 Å². The molecule has 0 spiro atoms. The van der Waals surface area contributed by atoms with Gasteiger partial charge in [0.15, 0.2) is 0 Å². The lowest BCUT2D eigenvalue weighted by molar-refractivity contribution is -0.138. The molecular weight excluding hydrogens is 232 g/mol. The van der Waals surface area contributed by atoms with E-state index in [1.807, 2.05) is 24.3 Å². The third kappa shape index (κ3) is 1.80. The van der Waals surface area contributed by atoms with E-state index in [1.54, 1.807) is 6.08 Å². The molecule has 1 aromatic rings.